The molecule has 0 fully saturated rings. The molecule has 3 nitrogen and oxygen atoms in total. The van der Waals surface area contributed by atoms with E-state index in [9.17, 15) is 4.79 Å². The van der Waals surface area contributed by atoms with E-state index < -0.39 is 0 Å². The maximum atomic E-state index is 11.5. The summed E-state index contributed by atoms with van der Waals surface area (Å²) in [6.45, 7) is 4.18. The maximum Gasteiger partial charge on any atom is 0.249 e. The van der Waals surface area contributed by atoms with Crippen LogP contribution in [0.5, 0.6) is 0 Å². The van der Waals surface area contributed by atoms with Crippen LogP contribution >= 0.6 is 11.6 Å². The largest absolute Gasteiger partial charge is 0.358 e. The van der Waals surface area contributed by atoms with Crippen molar-refractivity contribution in [3.05, 3.63) is 44.8 Å². The van der Waals surface area contributed by atoms with Crippen molar-refractivity contribution in [1.82, 2.24) is 9.97 Å². The van der Waals surface area contributed by atoms with Gasteiger partial charge in [-0.05, 0) is 31.0 Å². The quantitative estimate of drug-likeness (QED) is 0.691. The number of fused-ring (bicyclic) bond motifs is 3. The van der Waals surface area contributed by atoms with E-state index in [2.05, 4.69) is 23.8 Å². The van der Waals surface area contributed by atoms with E-state index in [1.165, 1.54) is 11.6 Å². The third kappa shape index (κ3) is 1.47. The summed E-state index contributed by atoms with van der Waals surface area (Å²) >= 11 is 6.25. The number of rotatable bonds is 1. The summed E-state index contributed by atoms with van der Waals surface area (Å²) < 4.78 is 0. The van der Waals surface area contributed by atoms with Gasteiger partial charge in [0.2, 0.25) is 5.56 Å². The van der Waals surface area contributed by atoms with Crippen molar-refractivity contribution in [2.75, 3.05) is 0 Å². The minimum Gasteiger partial charge on any atom is -0.358 e. The Morgan fingerprint density at radius 3 is 2.50 bits per heavy atom. The molecule has 0 saturated carbocycles. The smallest absolute Gasteiger partial charge is 0.249 e. The third-order valence-electron chi connectivity index (χ3n) is 3.39. The maximum absolute atomic E-state index is 11.5. The molecule has 2 N–H and O–H groups in total. The molecule has 0 saturated heterocycles. The van der Waals surface area contributed by atoms with Crippen LogP contribution in [0, 0.1) is 6.92 Å². The Balaban J connectivity index is 2.63. The Kier molecular flexibility index (Phi) is 2.45. The van der Waals surface area contributed by atoms with Gasteiger partial charge in [0.25, 0.3) is 0 Å². The fourth-order valence-electron chi connectivity index (χ4n) is 2.64. The molecule has 0 aliphatic rings. The van der Waals surface area contributed by atoms with Crippen LogP contribution in [0.25, 0.3) is 21.8 Å². The summed E-state index contributed by atoms with van der Waals surface area (Å²) in [4.78, 5) is 17.6. The van der Waals surface area contributed by atoms with Gasteiger partial charge in [-0.2, -0.15) is 0 Å². The second-order valence-electron chi connectivity index (χ2n) is 4.47. The number of hydrogen-bond donors (Lipinski definition) is 2. The number of aryl methyl sites for hydroxylation is 2. The summed E-state index contributed by atoms with van der Waals surface area (Å²) in [5.41, 5.74) is 4.09. The van der Waals surface area contributed by atoms with Gasteiger partial charge in [0, 0.05) is 28.0 Å². The molecule has 2 heterocycles. The summed E-state index contributed by atoms with van der Waals surface area (Å²) in [5.74, 6) is 0. The molecule has 0 aliphatic carbocycles. The second-order valence-corrected chi connectivity index (χ2v) is 4.88. The molecular formula is C14H13ClN2O. The molecular weight excluding hydrogens is 248 g/mol. The van der Waals surface area contributed by atoms with E-state index >= 15 is 0 Å². The number of benzene rings is 1. The molecule has 4 heteroatoms. The molecule has 0 atom stereocenters. The fourth-order valence-corrected chi connectivity index (χ4v) is 2.93. The van der Waals surface area contributed by atoms with E-state index in [0.717, 1.165) is 33.9 Å². The van der Waals surface area contributed by atoms with Crippen LogP contribution in [0.2, 0.25) is 5.02 Å². The summed E-state index contributed by atoms with van der Waals surface area (Å²) in [6, 6.07) is 5.31. The zero-order valence-electron chi connectivity index (χ0n) is 10.2. The number of halogens is 1. The Bertz CT molecular complexity index is 814. The van der Waals surface area contributed by atoms with Crippen molar-refractivity contribution < 1.29 is 0 Å². The molecule has 92 valence electrons. The van der Waals surface area contributed by atoms with Gasteiger partial charge in [0.05, 0.1) is 10.5 Å². The normalized spacial score (nSPS) is 11.5. The average Bonchev–Trinajstić information content (AvgIpc) is 2.63. The lowest BCUT2D eigenvalue weighted by Crippen LogP contribution is -2.03. The lowest BCUT2D eigenvalue weighted by atomic mass is 10.0. The highest BCUT2D eigenvalue weighted by Crippen LogP contribution is 2.33. The molecule has 0 aliphatic heterocycles. The van der Waals surface area contributed by atoms with Gasteiger partial charge in [-0.3, -0.25) is 4.79 Å². The van der Waals surface area contributed by atoms with Gasteiger partial charge < -0.3 is 9.97 Å². The zero-order valence-corrected chi connectivity index (χ0v) is 11.0. The first-order chi connectivity index (χ1) is 8.61. The highest BCUT2D eigenvalue weighted by atomic mass is 35.5. The second kappa shape index (κ2) is 3.89. The monoisotopic (exact) mass is 260 g/mol. The van der Waals surface area contributed by atoms with Crippen LogP contribution in [0.3, 0.4) is 0 Å². The highest BCUT2D eigenvalue weighted by Gasteiger charge is 2.13. The van der Waals surface area contributed by atoms with E-state index in [1.54, 1.807) is 0 Å². The third-order valence-corrected chi connectivity index (χ3v) is 3.69. The topological polar surface area (TPSA) is 48.6 Å². The fraction of sp³-hybridized carbons (Fsp3) is 0.214. The van der Waals surface area contributed by atoms with Gasteiger partial charge in [-0.1, -0.05) is 18.5 Å². The Hall–Kier alpha value is -1.74. The molecule has 0 unspecified atom stereocenters. The van der Waals surface area contributed by atoms with Crippen LogP contribution in [-0.4, -0.2) is 9.97 Å². The molecule has 1 aromatic carbocycles. The van der Waals surface area contributed by atoms with E-state index in [4.69, 9.17) is 11.6 Å². The molecule has 2 aromatic heterocycles. The van der Waals surface area contributed by atoms with E-state index in [-0.39, 0.29) is 5.56 Å². The van der Waals surface area contributed by atoms with Gasteiger partial charge in [0.15, 0.2) is 0 Å². The number of nitrogens with one attached hydrogen (secondary N) is 2. The molecule has 0 radical (unpaired) electrons. The van der Waals surface area contributed by atoms with Crippen LogP contribution < -0.4 is 5.56 Å². The van der Waals surface area contributed by atoms with E-state index in [0.29, 0.717) is 5.02 Å². The van der Waals surface area contributed by atoms with Crippen LogP contribution in [-0.2, 0) is 6.42 Å². The minimum absolute atomic E-state index is 0.169. The first kappa shape index (κ1) is 11.4. The van der Waals surface area contributed by atoms with Crippen molar-refractivity contribution in [2.24, 2.45) is 0 Å². The summed E-state index contributed by atoms with van der Waals surface area (Å²) in [7, 11) is 0. The molecule has 3 aromatic rings. The van der Waals surface area contributed by atoms with Crippen molar-refractivity contribution in [3.8, 4) is 0 Å². The Labute approximate surface area is 109 Å². The molecule has 18 heavy (non-hydrogen) atoms. The minimum atomic E-state index is -0.169. The van der Waals surface area contributed by atoms with Gasteiger partial charge in [-0.25, -0.2) is 0 Å². The van der Waals surface area contributed by atoms with E-state index in [1.807, 2.05) is 12.1 Å². The van der Waals surface area contributed by atoms with Crippen molar-refractivity contribution >= 4 is 33.4 Å². The van der Waals surface area contributed by atoms with Crippen LogP contribution in [0.15, 0.2) is 23.0 Å². The predicted octanol–water partition coefficient (Wildman–Crippen LogP) is 3.53. The molecule has 3 rings (SSSR count). The number of hydrogen-bond acceptors (Lipinski definition) is 1. The Morgan fingerprint density at radius 2 is 1.83 bits per heavy atom. The van der Waals surface area contributed by atoms with Gasteiger partial charge in [0.1, 0.15) is 0 Å². The summed E-state index contributed by atoms with van der Waals surface area (Å²) in [5, 5.41) is 2.55. The first-order valence-electron chi connectivity index (χ1n) is 5.94. The number of aromatic amines is 2. The standard InChI is InChI=1S/C14H13ClN2O/c1-3-8-7(2)16-10-4-5-11-14(13(8)10)9(15)6-12(18)17-11/h4-6,16H,3H2,1-2H3,(H,17,18). The zero-order chi connectivity index (χ0) is 12.9. The number of pyridine rings is 1. The van der Waals surface area contributed by atoms with Crippen LogP contribution in [0.4, 0.5) is 0 Å². The Morgan fingerprint density at radius 1 is 1.17 bits per heavy atom. The summed E-state index contributed by atoms with van der Waals surface area (Å²) in [6.07, 6.45) is 0.931. The van der Waals surface area contributed by atoms with Crippen molar-refractivity contribution in [1.29, 1.82) is 0 Å². The van der Waals surface area contributed by atoms with Gasteiger partial charge >= 0.3 is 0 Å². The molecule has 0 spiro atoms. The van der Waals surface area contributed by atoms with Crippen molar-refractivity contribution in [3.63, 3.8) is 0 Å². The van der Waals surface area contributed by atoms with Crippen molar-refractivity contribution in [2.45, 2.75) is 20.3 Å². The highest BCUT2D eigenvalue weighted by molar-refractivity contribution is 6.37. The molecule has 0 bridgehead atoms. The van der Waals surface area contributed by atoms with Crippen LogP contribution in [0.1, 0.15) is 18.2 Å². The average molecular weight is 261 g/mol. The lowest BCUT2D eigenvalue weighted by Gasteiger charge is -2.04. The first-order valence-corrected chi connectivity index (χ1v) is 6.32. The number of H-pyrrole nitrogens is 2. The van der Waals surface area contributed by atoms with Gasteiger partial charge in [-0.15, -0.1) is 0 Å². The number of aromatic nitrogens is 2. The lowest BCUT2D eigenvalue weighted by molar-refractivity contribution is 1.11. The predicted molar refractivity (Wildman–Crippen MR) is 75.6 cm³/mol. The molecule has 0 amide bonds. The SMILES string of the molecule is CCc1c(C)[nH]c2ccc3[nH]c(=O)cc(Cl)c3c12.